The number of fused-ring (bicyclic) bond motifs is 1. The number of amides is 1. The minimum absolute atomic E-state index is 0.370. The van der Waals surface area contributed by atoms with E-state index < -0.39 is 0 Å². The van der Waals surface area contributed by atoms with Gasteiger partial charge >= 0.3 is 0 Å². The van der Waals surface area contributed by atoms with Crippen molar-refractivity contribution in [3.05, 3.63) is 58.7 Å². The summed E-state index contributed by atoms with van der Waals surface area (Å²) in [5, 5.41) is 1.74. The van der Waals surface area contributed by atoms with Gasteiger partial charge in [-0.1, -0.05) is 36.7 Å². The first-order valence-corrected chi connectivity index (χ1v) is 12.1. The highest BCUT2D eigenvalue weighted by atomic mass is 35.5. The predicted molar refractivity (Wildman–Crippen MR) is 136 cm³/mol. The highest BCUT2D eigenvalue weighted by Gasteiger charge is 2.21. The fourth-order valence-electron chi connectivity index (χ4n) is 4.75. The maximum Gasteiger partial charge on any atom is 0.265 e. The number of primary amides is 1. The van der Waals surface area contributed by atoms with Crippen molar-refractivity contribution in [1.29, 1.82) is 0 Å². The van der Waals surface area contributed by atoms with E-state index in [4.69, 9.17) is 22.1 Å². The van der Waals surface area contributed by atoms with Gasteiger partial charge in [-0.3, -0.25) is 9.69 Å². The number of hydrogen-bond donors (Lipinski definition) is 1. The number of aromatic nitrogens is 1. The van der Waals surface area contributed by atoms with Gasteiger partial charge in [-0.15, -0.1) is 0 Å². The maximum absolute atomic E-state index is 11.9. The number of nitrogens with zero attached hydrogens (tertiary/aromatic N) is 3. The van der Waals surface area contributed by atoms with Gasteiger partial charge in [0.15, 0.2) is 5.75 Å². The molecule has 2 aromatic carbocycles. The molecule has 1 amide bonds. The lowest BCUT2D eigenvalue weighted by Gasteiger charge is -2.37. The summed E-state index contributed by atoms with van der Waals surface area (Å²) in [6.45, 7) is 7.91. The molecule has 2 heterocycles. The highest BCUT2D eigenvalue weighted by Crippen LogP contribution is 2.37. The molecule has 0 bridgehead atoms. The summed E-state index contributed by atoms with van der Waals surface area (Å²) in [7, 11) is 1.68. The van der Waals surface area contributed by atoms with Gasteiger partial charge in [0.1, 0.15) is 5.69 Å². The monoisotopic (exact) mass is 468 g/mol. The summed E-state index contributed by atoms with van der Waals surface area (Å²) in [5.74, 6) is 0.400. The lowest BCUT2D eigenvalue weighted by molar-refractivity contribution is 0.0991. The third kappa shape index (κ3) is 5.12. The number of unbranched alkanes of at least 4 members (excludes halogenated alkanes) is 1. The molecule has 7 heteroatoms. The first-order chi connectivity index (χ1) is 16.0. The number of piperazine rings is 1. The summed E-state index contributed by atoms with van der Waals surface area (Å²) in [4.78, 5) is 16.8. The van der Waals surface area contributed by atoms with Crippen LogP contribution in [0.3, 0.4) is 0 Å². The van der Waals surface area contributed by atoms with Crippen molar-refractivity contribution in [2.75, 3.05) is 44.7 Å². The van der Waals surface area contributed by atoms with Crippen LogP contribution >= 0.6 is 11.6 Å². The largest absolute Gasteiger partial charge is 0.493 e. The van der Waals surface area contributed by atoms with Crippen LogP contribution in [0, 0.1) is 0 Å². The quantitative estimate of drug-likeness (QED) is 0.467. The first-order valence-electron chi connectivity index (χ1n) is 11.7. The number of carbonyl (C=O) groups excluding carboxylic acids is 1. The molecule has 6 nitrogen and oxygen atoms in total. The van der Waals surface area contributed by atoms with Gasteiger partial charge in [0, 0.05) is 43.6 Å². The van der Waals surface area contributed by atoms with Crippen LogP contribution in [0.5, 0.6) is 5.75 Å². The third-order valence-electron chi connectivity index (χ3n) is 6.58. The number of para-hydroxylation sites is 1. The van der Waals surface area contributed by atoms with Crippen LogP contribution < -0.4 is 15.4 Å². The number of nitrogens with two attached hydrogens (primary N) is 1. The Kier molecular flexibility index (Phi) is 7.46. The number of methoxy groups -OCH3 is 1. The summed E-state index contributed by atoms with van der Waals surface area (Å²) < 4.78 is 7.67. The van der Waals surface area contributed by atoms with E-state index in [1.807, 2.05) is 30.3 Å². The van der Waals surface area contributed by atoms with E-state index in [0.717, 1.165) is 80.9 Å². The van der Waals surface area contributed by atoms with E-state index >= 15 is 0 Å². The molecule has 0 aliphatic carbocycles. The molecule has 4 rings (SSSR count). The SMILES string of the molecule is CCc1cc(Cl)c(OC)c(N2CCN(CCCCn3c(C(N)=O)cc4ccccc43)CC2)c1. The van der Waals surface area contributed by atoms with Gasteiger partial charge in [-0.25, -0.2) is 0 Å². The molecule has 0 spiro atoms. The standard InChI is InChI=1S/C26H33ClN4O2/c1-3-19-16-21(27)25(33-2)23(17-19)30-14-12-29(13-15-30)10-6-7-11-31-22-9-5-4-8-20(22)18-24(31)26(28)32/h4-5,8-9,16-18H,3,6-7,10-15H2,1-2H3,(H2,28,32). The highest BCUT2D eigenvalue weighted by molar-refractivity contribution is 6.32. The number of anilines is 1. The van der Waals surface area contributed by atoms with Crippen LogP contribution in [0.2, 0.25) is 5.02 Å². The van der Waals surface area contributed by atoms with Crippen LogP contribution in [0.25, 0.3) is 10.9 Å². The second kappa shape index (κ2) is 10.5. The van der Waals surface area contributed by atoms with Crippen molar-refractivity contribution in [2.24, 2.45) is 5.73 Å². The molecule has 3 aromatic rings. The zero-order valence-electron chi connectivity index (χ0n) is 19.5. The zero-order valence-corrected chi connectivity index (χ0v) is 20.3. The van der Waals surface area contributed by atoms with Crippen LogP contribution in [0.15, 0.2) is 42.5 Å². The number of hydrogen-bond acceptors (Lipinski definition) is 4. The molecule has 2 N–H and O–H groups in total. The molecule has 1 saturated heterocycles. The van der Waals surface area contributed by atoms with Gasteiger partial charge in [-0.2, -0.15) is 0 Å². The van der Waals surface area contributed by atoms with E-state index in [1.165, 1.54) is 5.56 Å². The average molecular weight is 469 g/mol. The van der Waals surface area contributed by atoms with Crippen molar-refractivity contribution in [2.45, 2.75) is 32.7 Å². The molecule has 176 valence electrons. The number of ether oxygens (including phenoxy) is 1. The first kappa shape index (κ1) is 23.5. The Morgan fingerprint density at radius 1 is 1.06 bits per heavy atom. The average Bonchev–Trinajstić information content (AvgIpc) is 3.20. The van der Waals surface area contributed by atoms with Crippen LogP contribution in [-0.2, 0) is 13.0 Å². The number of halogens is 1. The van der Waals surface area contributed by atoms with Gasteiger partial charge in [0.2, 0.25) is 0 Å². The lowest BCUT2D eigenvalue weighted by Crippen LogP contribution is -2.46. The van der Waals surface area contributed by atoms with E-state index in [1.54, 1.807) is 7.11 Å². The summed E-state index contributed by atoms with van der Waals surface area (Å²) in [6, 6.07) is 14.2. The van der Waals surface area contributed by atoms with Crippen LogP contribution in [-0.4, -0.2) is 55.2 Å². The molecule has 0 radical (unpaired) electrons. The molecule has 33 heavy (non-hydrogen) atoms. The number of carbonyl (C=O) groups is 1. The van der Waals surface area contributed by atoms with Gasteiger partial charge in [-0.05, 0) is 55.6 Å². The van der Waals surface area contributed by atoms with Crippen LogP contribution in [0.4, 0.5) is 5.69 Å². The summed E-state index contributed by atoms with van der Waals surface area (Å²) >= 11 is 6.46. The topological polar surface area (TPSA) is 63.7 Å². The Bertz CT molecular complexity index is 1120. The number of aryl methyl sites for hydroxylation is 2. The van der Waals surface area contributed by atoms with E-state index in [0.29, 0.717) is 10.7 Å². The minimum Gasteiger partial charge on any atom is -0.493 e. The predicted octanol–water partition coefficient (Wildman–Crippen LogP) is 4.57. The van der Waals surface area contributed by atoms with Gasteiger partial charge in [0.05, 0.1) is 17.8 Å². The minimum atomic E-state index is -0.370. The molecule has 1 aliphatic rings. The molecule has 1 aliphatic heterocycles. The second-order valence-electron chi connectivity index (χ2n) is 8.62. The fourth-order valence-corrected chi connectivity index (χ4v) is 5.06. The van der Waals surface area contributed by atoms with Crippen molar-refractivity contribution in [1.82, 2.24) is 9.47 Å². The number of rotatable bonds is 9. The molecule has 0 saturated carbocycles. The second-order valence-corrected chi connectivity index (χ2v) is 9.03. The van der Waals surface area contributed by atoms with E-state index in [9.17, 15) is 4.79 Å². The molecular weight excluding hydrogens is 436 g/mol. The molecular formula is C26H33ClN4O2. The Morgan fingerprint density at radius 3 is 2.48 bits per heavy atom. The van der Waals surface area contributed by atoms with Crippen molar-refractivity contribution in [3.8, 4) is 5.75 Å². The summed E-state index contributed by atoms with van der Waals surface area (Å²) in [5.41, 5.74) is 9.60. The molecule has 1 aromatic heterocycles. The zero-order chi connectivity index (χ0) is 23.4. The number of benzene rings is 2. The van der Waals surface area contributed by atoms with Crippen LogP contribution in [0.1, 0.15) is 35.8 Å². The molecule has 0 atom stereocenters. The lowest BCUT2D eigenvalue weighted by atomic mass is 10.1. The van der Waals surface area contributed by atoms with E-state index in [-0.39, 0.29) is 5.91 Å². The van der Waals surface area contributed by atoms with Crippen molar-refractivity contribution < 1.29 is 9.53 Å². The van der Waals surface area contributed by atoms with Gasteiger partial charge in [0.25, 0.3) is 5.91 Å². The van der Waals surface area contributed by atoms with E-state index in [2.05, 4.69) is 33.4 Å². The Balaban J connectivity index is 1.31. The Hall–Kier alpha value is -2.70. The Labute approximate surface area is 200 Å². The summed E-state index contributed by atoms with van der Waals surface area (Å²) in [6.07, 6.45) is 3.02. The third-order valence-corrected chi connectivity index (χ3v) is 6.86. The van der Waals surface area contributed by atoms with Crippen molar-refractivity contribution >= 4 is 34.1 Å². The smallest absolute Gasteiger partial charge is 0.265 e. The van der Waals surface area contributed by atoms with Crippen molar-refractivity contribution in [3.63, 3.8) is 0 Å². The Morgan fingerprint density at radius 2 is 1.79 bits per heavy atom. The normalized spacial score (nSPS) is 14.7. The molecule has 0 unspecified atom stereocenters. The van der Waals surface area contributed by atoms with Gasteiger partial charge < -0.3 is 19.9 Å². The molecule has 1 fully saturated rings. The fraction of sp³-hybridized carbons (Fsp3) is 0.423. The maximum atomic E-state index is 11.9.